The van der Waals surface area contributed by atoms with Crippen LogP contribution in [0, 0.1) is 11.8 Å². The van der Waals surface area contributed by atoms with E-state index in [9.17, 15) is 14.7 Å². The summed E-state index contributed by atoms with van der Waals surface area (Å²) in [6.45, 7) is 2.69. The van der Waals surface area contributed by atoms with Crippen molar-refractivity contribution in [2.45, 2.75) is 62.4 Å². The standard InChI is InChI=1S/C34H41ClN2O5/c1-36-15-4-3-7-30(41-2)26-11-8-24(26)19-37-20-34(14-5-6-23-16-25(35)10-12-28(23)34)21-42-31-13-9-22(17-29(31)37)27(33(39)40)18-32(36)38/h3,7,9-10,12-13,16-17,24,26-27,30H,4-6,8,11,14-15,18-21H2,1-2H3,(H,39,40)/b7-3+/t24-,26+,27-,30-,34-/m0/s1. The molecule has 42 heavy (non-hydrogen) atoms. The van der Waals surface area contributed by atoms with Crippen LogP contribution in [0.3, 0.4) is 0 Å². The minimum Gasteiger partial charge on any atom is -0.490 e. The van der Waals surface area contributed by atoms with E-state index in [1.54, 1.807) is 19.1 Å². The SMILES string of the molecule is CO[C@H]1/C=C/CCN(C)C(=O)C[C@H](C(=O)O)c2ccc3c(c2)N(C[C@@H]2CC[C@H]21)C[C@@]1(CCCc2cc(Cl)ccc21)CO3. The zero-order valence-electron chi connectivity index (χ0n) is 24.6. The van der Waals surface area contributed by atoms with Gasteiger partial charge in [0.25, 0.3) is 0 Å². The second-order valence-corrected chi connectivity index (χ2v) is 13.1. The third-order valence-electron chi connectivity index (χ3n) is 10.1. The number of nitrogens with zero attached hydrogens (tertiary/aromatic N) is 2. The Morgan fingerprint density at radius 2 is 2.05 bits per heavy atom. The lowest BCUT2D eigenvalue weighted by molar-refractivity contribution is -0.142. The average molecular weight is 593 g/mol. The Balaban J connectivity index is 1.44. The van der Waals surface area contributed by atoms with Crippen LogP contribution in [0.25, 0.3) is 0 Å². The predicted molar refractivity (Wildman–Crippen MR) is 164 cm³/mol. The van der Waals surface area contributed by atoms with Crippen LogP contribution in [-0.4, -0.2) is 68.4 Å². The smallest absolute Gasteiger partial charge is 0.311 e. The molecule has 224 valence electrons. The molecule has 0 saturated heterocycles. The molecule has 0 radical (unpaired) electrons. The summed E-state index contributed by atoms with van der Waals surface area (Å²) in [6, 6.07) is 12.0. The summed E-state index contributed by atoms with van der Waals surface area (Å²) >= 11 is 6.42. The van der Waals surface area contributed by atoms with E-state index >= 15 is 0 Å². The lowest BCUT2D eigenvalue weighted by Gasteiger charge is -2.46. The number of aliphatic carboxylic acids is 1. The minimum atomic E-state index is -0.990. The Hall–Kier alpha value is -3.03. The van der Waals surface area contributed by atoms with E-state index in [2.05, 4.69) is 29.2 Å². The first-order valence-corrected chi connectivity index (χ1v) is 15.6. The molecule has 1 fully saturated rings. The fourth-order valence-corrected chi connectivity index (χ4v) is 7.78. The molecule has 5 atom stereocenters. The average Bonchev–Trinajstić information content (AvgIpc) is 3.11. The van der Waals surface area contributed by atoms with Gasteiger partial charge in [0.2, 0.25) is 5.91 Å². The molecule has 7 nitrogen and oxygen atoms in total. The Bertz CT molecular complexity index is 1380. The first-order valence-electron chi connectivity index (χ1n) is 15.2. The van der Waals surface area contributed by atoms with Gasteiger partial charge in [-0.05, 0) is 91.3 Å². The second kappa shape index (κ2) is 11.9. The molecule has 2 heterocycles. The van der Waals surface area contributed by atoms with E-state index in [0.29, 0.717) is 37.0 Å². The van der Waals surface area contributed by atoms with Gasteiger partial charge in [0.1, 0.15) is 5.75 Å². The number of anilines is 1. The summed E-state index contributed by atoms with van der Waals surface area (Å²) in [6.07, 6.45) is 10.2. The van der Waals surface area contributed by atoms with Crippen LogP contribution >= 0.6 is 11.6 Å². The van der Waals surface area contributed by atoms with Crippen LogP contribution in [-0.2, 0) is 26.2 Å². The molecule has 1 N–H and O–H groups in total. The van der Waals surface area contributed by atoms with Crippen LogP contribution in [0.2, 0.25) is 5.02 Å². The van der Waals surface area contributed by atoms with Crippen molar-refractivity contribution >= 4 is 29.2 Å². The third kappa shape index (κ3) is 5.53. The molecule has 4 aliphatic rings. The summed E-state index contributed by atoms with van der Waals surface area (Å²) < 4.78 is 12.6. The zero-order chi connectivity index (χ0) is 29.4. The number of carbonyl (C=O) groups excluding carboxylic acids is 1. The van der Waals surface area contributed by atoms with Gasteiger partial charge in [0.05, 0.1) is 24.3 Å². The monoisotopic (exact) mass is 592 g/mol. The first kappa shape index (κ1) is 29.1. The van der Waals surface area contributed by atoms with Crippen LogP contribution in [0.4, 0.5) is 5.69 Å². The lowest BCUT2D eigenvalue weighted by atomic mass is 9.68. The van der Waals surface area contributed by atoms with E-state index in [0.717, 1.165) is 61.7 Å². The van der Waals surface area contributed by atoms with Crippen molar-refractivity contribution in [2.24, 2.45) is 11.8 Å². The normalized spacial score (nSPS) is 30.4. The number of carboxylic acid groups (broad SMARTS) is 1. The van der Waals surface area contributed by atoms with Gasteiger partial charge in [-0.15, -0.1) is 0 Å². The molecule has 8 heteroatoms. The van der Waals surface area contributed by atoms with E-state index in [1.165, 1.54) is 11.1 Å². The molecule has 2 aliphatic carbocycles. The number of ether oxygens (including phenoxy) is 2. The lowest BCUT2D eigenvalue weighted by Crippen LogP contribution is -2.49. The number of hydrogen-bond acceptors (Lipinski definition) is 5. The van der Waals surface area contributed by atoms with Gasteiger partial charge >= 0.3 is 5.97 Å². The van der Waals surface area contributed by atoms with E-state index in [1.807, 2.05) is 24.3 Å². The van der Waals surface area contributed by atoms with Crippen LogP contribution in [0.1, 0.15) is 61.1 Å². The maximum Gasteiger partial charge on any atom is 0.311 e. The second-order valence-electron chi connectivity index (χ2n) is 12.7. The highest BCUT2D eigenvalue weighted by Gasteiger charge is 2.44. The summed E-state index contributed by atoms with van der Waals surface area (Å²) in [4.78, 5) is 29.7. The molecule has 2 aromatic rings. The number of aryl methyl sites for hydroxylation is 1. The number of hydrogen-bond donors (Lipinski definition) is 1. The van der Waals surface area contributed by atoms with Gasteiger partial charge in [0.15, 0.2) is 0 Å². The van der Waals surface area contributed by atoms with E-state index < -0.39 is 11.9 Å². The predicted octanol–water partition coefficient (Wildman–Crippen LogP) is 5.83. The Labute approximate surface area is 253 Å². The van der Waals surface area contributed by atoms with Gasteiger partial charge in [-0.25, -0.2) is 0 Å². The molecular weight excluding hydrogens is 552 g/mol. The number of rotatable bonds is 2. The fraction of sp³-hybridized carbons (Fsp3) is 0.529. The van der Waals surface area contributed by atoms with Crippen molar-refractivity contribution in [3.8, 4) is 5.75 Å². The van der Waals surface area contributed by atoms with Crippen molar-refractivity contribution in [3.63, 3.8) is 0 Å². The number of methoxy groups -OCH3 is 1. The largest absolute Gasteiger partial charge is 0.490 e. The van der Waals surface area contributed by atoms with Crippen molar-refractivity contribution in [1.29, 1.82) is 0 Å². The van der Waals surface area contributed by atoms with Crippen LogP contribution in [0.15, 0.2) is 48.6 Å². The summed E-state index contributed by atoms with van der Waals surface area (Å²) in [7, 11) is 3.53. The summed E-state index contributed by atoms with van der Waals surface area (Å²) in [5, 5.41) is 11.0. The van der Waals surface area contributed by atoms with Crippen molar-refractivity contribution in [1.82, 2.24) is 4.90 Å². The molecule has 6 rings (SSSR count). The number of carboxylic acids is 1. The van der Waals surface area contributed by atoms with Gasteiger partial charge in [-0.1, -0.05) is 35.9 Å². The Morgan fingerprint density at radius 3 is 2.81 bits per heavy atom. The quantitative estimate of drug-likeness (QED) is 0.442. The van der Waals surface area contributed by atoms with Crippen molar-refractivity contribution < 1.29 is 24.2 Å². The minimum absolute atomic E-state index is 0.0228. The van der Waals surface area contributed by atoms with Crippen molar-refractivity contribution in [2.75, 3.05) is 45.3 Å². The Kier molecular flexibility index (Phi) is 8.25. The number of halogens is 1. The molecule has 2 bridgehead atoms. The molecule has 0 unspecified atom stereocenters. The molecule has 2 aliphatic heterocycles. The maximum absolute atomic E-state index is 13.1. The zero-order valence-corrected chi connectivity index (χ0v) is 25.3. The highest BCUT2D eigenvalue weighted by atomic mass is 35.5. The maximum atomic E-state index is 13.1. The molecule has 1 amide bonds. The van der Waals surface area contributed by atoms with E-state index in [-0.39, 0.29) is 23.8 Å². The van der Waals surface area contributed by atoms with Crippen LogP contribution in [0.5, 0.6) is 5.75 Å². The molecular formula is C34H41ClN2O5. The van der Waals surface area contributed by atoms with Crippen molar-refractivity contribution in [3.05, 3.63) is 70.3 Å². The molecule has 0 aromatic heterocycles. The molecule has 2 aromatic carbocycles. The summed E-state index contributed by atoms with van der Waals surface area (Å²) in [5.74, 6) is -0.495. The number of fused-ring (bicyclic) bond motifs is 4. The Morgan fingerprint density at radius 1 is 1.19 bits per heavy atom. The molecule has 1 spiro atoms. The molecule has 1 saturated carbocycles. The fourth-order valence-electron chi connectivity index (χ4n) is 7.58. The number of carbonyl (C=O) groups is 2. The highest BCUT2D eigenvalue weighted by molar-refractivity contribution is 6.30. The van der Waals surface area contributed by atoms with Crippen LogP contribution < -0.4 is 9.64 Å². The third-order valence-corrected chi connectivity index (χ3v) is 10.4. The van der Waals surface area contributed by atoms with Gasteiger partial charge < -0.3 is 24.4 Å². The van der Waals surface area contributed by atoms with Gasteiger partial charge in [-0.2, -0.15) is 0 Å². The van der Waals surface area contributed by atoms with Gasteiger partial charge in [-0.3, -0.25) is 9.59 Å². The number of amides is 1. The topological polar surface area (TPSA) is 79.3 Å². The summed E-state index contributed by atoms with van der Waals surface area (Å²) in [5.41, 5.74) is 3.94. The highest BCUT2D eigenvalue weighted by Crippen LogP contribution is 2.47. The van der Waals surface area contributed by atoms with E-state index in [4.69, 9.17) is 21.1 Å². The van der Waals surface area contributed by atoms with Gasteiger partial charge in [0, 0.05) is 50.7 Å². The first-order chi connectivity index (χ1) is 20.3. The number of benzene rings is 2.